The van der Waals surface area contributed by atoms with Gasteiger partial charge in [-0.05, 0) is 65.2 Å². The first-order chi connectivity index (χ1) is 22.3. The minimum Gasteiger partial charge on any atom is -0.309 e. The van der Waals surface area contributed by atoms with Crippen LogP contribution in [0.2, 0.25) is 0 Å². The second-order valence-electron chi connectivity index (χ2n) is 11.7. The van der Waals surface area contributed by atoms with Crippen molar-refractivity contribution in [1.29, 1.82) is 0 Å². The average molecular weight is 591 g/mol. The SMILES string of the molecule is c1ccc2c(c1)Sc1ccccc1-n1c3ccc(-n4c5ccccc5c5ccccc54)cc3c3cccc(c31)-c1ccccc1-2. The van der Waals surface area contributed by atoms with Gasteiger partial charge in [0, 0.05) is 42.6 Å². The summed E-state index contributed by atoms with van der Waals surface area (Å²) in [4.78, 5) is 2.50. The van der Waals surface area contributed by atoms with Gasteiger partial charge in [0.15, 0.2) is 0 Å². The summed E-state index contributed by atoms with van der Waals surface area (Å²) >= 11 is 1.85. The Labute approximate surface area is 264 Å². The van der Waals surface area contributed by atoms with Gasteiger partial charge in [0.1, 0.15) is 0 Å². The predicted molar refractivity (Wildman–Crippen MR) is 190 cm³/mol. The van der Waals surface area contributed by atoms with E-state index >= 15 is 0 Å². The van der Waals surface area contributed by atoms with Gasteiger partial charge >= 0.3 is 0 Å². The fourth-order valence-corrected chi connectivity index (χ4v) is 8.52. The third-order valence-electron chi connectivity index (χ3n) is 9.33. The van der Waals surface area contributed by atoms with Crippen molar-refractivity contribution in [3.63, 3.8) is 0 Å². The topological polar surface area (TPSA) is 9.86 Å². The van der Waals surface area contributed by atoms with Gasteiger partial charge in [0.05, 0.1) is 27.8 Å². The summed E-state index contributed by atoms with van der Waals surface area (Å²) in [5.74, 6) is 0. The number of aromatic nitrogens is 2. The molecule has 0 unspecified atom stereocenters. The fourth-order valence-electron chi connectivity index (χ4n) is 7.44. The lowest BCUT2D eigenvalue weighted by atomic mass is 9.93. The molecule has 0 N–H and O–H groups in total. The van der Waals surface area contributed by atoms with E-state index in [1.54, 1.807) is 0 Å². The van der Waals surface area contributed by atoms with Crippen molar-refractivity contribution < 1.29 is 0 Å². The molecule has 9 aromatic rings. The van der Waals surface area contributed by atoms with Crippen molar-refractivity contribution in [2.24, 2.45) is 0 Å². The number of hydrogen-bond acceptors (Lipinski definition) is 1. The highest BCUT2D eigenvalue weighted by Gasteiger charge is 2.23. The van der Waals surface area contributed by atoms with E-state index in [1.807, 2.05) is 11.8 Å². The molecule has 10 rings (SSSR count). The van der Waals surface area contributed by atoms with Crippen LogP contribution < -0.4 is 0 Å². The van der Waals surface area contributed by atoms with Crippen LogP contribution in [0.1, 0.15) is 0 Å². The molecule has 3 heteroatoms. The van der Waals surface area contributed by atoms with Gasteiger partial charge in [-0.15, -0.1) is 0 Å². The molecule has 2 aromatic heterocycles. The van der Waals surface area contributed by atoms with E-state index in [1.165, 1.54) is 87.0 Å². The van der Waals surface area contributed by atoms with Crippen LogP contribution in [-0.2, 0) is 0 Å². The number of nitrogens with zero attached hydrogens (tertiary/aromatic N) is 2. The van der Waals surface area contributed by atoms with Gasteiger partial charge in [-0.2, -0.15) is 0 Å². The fraction of sp³-hybridized carbons (Fsp3) is 0. The molecule has 0 bridgehead atoms. The Hall–Kier alpha value is -5.51. The van der Waals surface area contributed by atoms with Gasteiger partial charge in [-0.1, -0.05) is 121 Å². The number of benzene rings is 7. The molecule has 1 aliphatic rings. The minimum absolute atomic E-state index is 1.17. The molecule has 7 aromatic carbocycles. The number of para-hydroxylation sites is 4. The monoisotopic (exact) mass is 590 g/mol. The van der Waals surface area contributed by atoms with Crippen LogP contribution in [0.5, 0.6) is 0 Å². The third kappa shape index (κ3) is 3.53. The maximum absolute atomic E-state index is 2.50. The maximum atomic E-state index is 2.50. The van der Waals surface area contributed by atoms with Gasteiger partial charge in [-0.3, -0.25) is 0 Å². The summed E-state index contributed by atoms with van der Waals surface area (Å²) in [6.45, 7) is 0. The van der Waals surface area contributed by atoms with Gasteiger partial charge in [0.2, 0.25) is 0 Å². The zero-order chi connectivity index (χ0) is 29.5. The first kappa shape index (κ1) is 24.9. The average Bonchev–Trinajstić information content (AvgIpc) is 3.61. The van der Waals surface area contributed by atoms with Crippen LogP contribution in [0, 0.1) is 0 Å². The van der Waals surface area contributed by atoms with E-state index in [9.17, 15) is 0 Å². The van der Waals surface area contributed by atoms with Crippen LogP contribution in [0.3, 0.4) is 0 Å². The second-order valence-corrected chi connectivity index (χ2v) is 12.8. The molecule has 0 saturated heterocycles. The summed E-state index contributed by atoms with van der Waals surface area (Å²) in [5, 5.41) is 5.06. The Bertz CT molecular complexity index is 2580. The highest BCUT2D eigenvalue weighted by molar-refractivity contribution is 7.99. The quantitative estimate of drug-likeness (QED) is 0.185. The normalized spacial score (nSPS) is 12.4. The van der Waals surface area contributed by atoms with Gasteiger partial charge in [0.25, 0.3) is 0 Å². The van der Waals surface area contributed by atoms with Crippen molar-refractivity contribution in [2.75, 3.05) is 0 Å². The van der Waals surface area contributed by atoms with Gasteiger partial charge < -0.3 is 9.13 Å². The lowest BCUT2D eigenvalue weighted by Gasteiger charge is -2.20. The molecule has 0 amide bonds. The standard InChI is InChI=1S/C42H26N2S/c1-2-13-29-28(12-1)32-16-5-9-22-40(32)45-41-23-10-8-21-39(41)44-38-25-24-27(26-35(38)34-18-11-17-33(29)42(34)44)43-36-19-6-3-14-30(36)31-15-4-7-20-37(31)43/h1-26H. The highest BCUT2D eigenvalue weighted by Crippen LogP contribution is 2.48. The molecule has 0 saturated carbocycles. The molecule has 3 heterocycles. The van der Waals surface area contributed by atoms with Crippen molar-refractivity contribution in [3.05, 3.63) is 158 Å². The van der Waals surface area contributed by atoms with E-state index in [2.05, 4.69) is 167 Å². The Balaban J connectivity index is 1.35. The predicted octanol–water partition coefficient (Wildman–Crippen LogP) is 11.7. The van der Waals surface area contributed by atoms with Crippen molar-refractivity contribution in [1.82, 2.24) is 9.13 Å². The molecule has 0 radical (unpaired) electrons. The lowest BCUT2D eigenvalue weighted by molar-refractivity contribution is 1.12. The van der Waals surface area contributed by atoms with Crippen LogP contribution in [0.4, 0.5) is 0 Å². The molecule has 0 atom stereocenters. The van der Waals surface area contributed by atoms with Crippen LogP contribution in [0.15, 0.2) is 168 Å². The first-order valence-corrected chi connectivity index (χ1v) is 16.2. The molecule has 0 spiro atoms. The Kier molecular flexibility index (Phi) is 5.25. The summed E-state index contributed by atoms with van der Waals surface area (Å²) in [6.07, 6.45) is 0. The maximum Gasteiger partial charge on any atom is 0.0620 e. The summed E-state index contributed by atoms with van der Waals surface area (Å²) in [6, 6.07) is 57.9. The number of rotatable bonds is 1. The van der Waals surface area contributed by atoms with Crippen molar-refractivity contribution in [2.45, 2.75) is 9.79 Å². The van der Waals surface area contributed by atoms with E-state index < -0.39 is 0 Å². The van der Waals surface area contributed by atoms with E-state index in [0.29, 0.717) is 0 Å². The molecular weight excluding hydrogens is 565 g/mol. The third-order valence-corrected chi connectivity index (χ3v) is 10.5. The summed E-state index contributed by atoms with van der Waals surface area (Å²) < 4.78 is 4.92. The largest absolute Gasteiger partial charge is 0.309 e. The van der Waals surface area contributed by atoms with Crippen molar-refractivity contribution >= 4 is 55.4 Å². The second kappa shape index (κ2) is 9.49. The number of fused-ring (bicyclic) bond motifs is 12. The van der Waals surface area contributed by atoms with E-state index in [4.69, 9.17) is 0 Å². The van der Waals surface area contributed by atoms with Crippen LogP contribution in [-0.4, -0.2) is 9.13 Å². The summed E-state index contributed by atoms with van der Waals surface area (Å²) in [5.41, 5.74) is 12.3. The van der Waals surface area contributed by atoms with E-state index in [-0.39, 0.29) is 0 Å². The summed E-state index contributed by atoms with van der Waals surface area (Å²) in [7, 11) is 0. The minimum atomic E-state index is 1.17. The smallest absolute Gasteiger partial charge is 0.0620 e. The van der Waals surface area contributed by atoms with Crippen LogP contribution >= 0.6 is 11.8 Å². The van der Waals surface area contributed by atoms with E-state index in [0.717, 1.165) is 0 Å². The Morgan fingerprint density at radius 2 is 0.911 bits per heavy atom. The molecular formula is C42H26N2S. The molecule has 210 valence electrons. The zero-order valence-electron chi connectivity index (χ0n) is 24.3. The molecule has 0 aliphatic carbocycles. The Morgan fingerprint density at radius 3 is 1.69 bits per heavy atom. The number of hydrogen-bond donors (Lipinski definition) is 0. The lowest BCUT2D eigenvalue weighted by Crippen LogP contribution is -2.00. The first-order valence-electron chi connectivity index (χ1n) is 15.4. The van der Waals surface area contributed by atoms with Gasteiger partial charge in [-0.25, -0.2) is 0 Å². The van der Waals surface area contributed by atoms with Crippen LogP contribution in [0.25, 0.3) is 77.2 Å². The molecule has 0 fully saturated rings. The Morgan fingerprint density at radius 1 is 0.356 bits per heavy atom. The molecule has 45 heavy (non-hydrogen) atoms. The highest BCUT2D eigenvalue weighted by atomic mass is 32.2. The zero-order valence-corrected chi connectivity index (χ0v) is 25.1. The molecule has 2 nitrogen and oxygen atoms in total. The van der Waals surface area contributed by atoms with Crippen molar-refractivity contribution in [3.8, 4) is 33.6 Å². The molecule has 1 aliphatic heterocycles.